The summed E-state index contributed by atoms with van der Waals surface area (Å²) in [5.41, 5.74) is 0. The maximum absolute atomic E-state index is 13.1. The number of aliphatic hydroxyl groups excluding tert-OH is 7. The number of unbranched alkanes of at least 4 members (excludes halogenated alkanes) is 22. The van der Waals surface area contributed by atoms with Gasteiger partial charge in [-0.2, -0.15) is 0 Å². The minimum absolute atomic E-state index is 0.238. The van der Waals surface area contributed by atoms with Crippen LogP contribution in [0.3, 0.4) is 0 Å². The molecule has 1 aliphatic rings. The van der Waals surface area contributed by atoms with Crippen molar-refractivity contribution in [1.82, 2.24) is 5.32 Å². The van der Waals surface area contributed by atoms with Crippen LogP contribution < -0.4 is 5.32 Å². The molecule has 63 heavy (non-hydrogen) atoms. The molecule has 11 heteroatoms. The standard InChI is InChI=1S/C52H95NO10/c1-3-5-7-9-11-13-15-17-18-19-20-21-22-23-24-25-26-28-30-32-34-36-38-40-45(56)51(61)53-43(42-62-52-50(60)49(59)48(58)46(41-54)63-52)47(57)44(55)39-37-35-33-31-29-27-16-14-12-10-8-6-4-2/h6,8,14,16,23-24,31,33,43-50,52,54-60H,3-5,7,9-13,15,17-22,25-30,32,34-42H2,1-2H3,(H,53,61)/b8-6+,16-14+,24-23-,33-31+. The molecule has 1 rings (SSSR count). The lowest BCUT2D eigenvalue weighted by Gasteiger charge is -2.40. The molecule has 1 amide bonds. The van der Waals surface area contributed by atoms with Gasteiger partial charge in [-0.25, -0.2) is 0 Å². The van der Waals surface area contributed by atoms with E-state index in [4.69, 9.17) is 9.47 Å². The average Bonchev–Trinajstić information content (AvgIpc) is 3.28. The van der Waals surface area contributed by atoms with Crippen LogP contribution in [0.5, 0.6) is 0 Å². The van der Waals surface area contributed by atoms with Crippen LogP contribution >= 0.6 is 0 Å². The van der Waals surface area contributed by atoms with Crippen molar-refractivity contribution in [1.29, 1.82) is 0 Å². The molecule has 8 N–H and O–H groups in total. The summed E-state index contributed by atoms with van der Waals surface area (Å²) in [5.74, 6) is -0.718. The Morgan fingerprint density at radius 1 is 0.556 bits per heavy atom. The number of hydrogen-bond acceptors (Lipinski definition) is 10. The first-order valence-corrected chi connectivity index (χ1v) is 25.5. The lowest BCUT2D eigenvalue weighted by Crippen LogP contribution is -2.60. The largest absolute Gasteiger partial charge is 0.394 e. The highest BCUT2D eigenvalue weighted by atomic mass is 16.7. The van der Waals surface area contributed by atoms with Gasteiger partial charge in [-0.3, -0.25) is 4.79 Å². The van der Waals surface area contributed by atoms with Gasteiger partial charge in [0.15, 0.2) is 6.29 Å². The van der Waals surface area contributed by atoms with Gasteiger partial charge in [0.2, 0.25) is 5.91 Å². The predicted octanol–water partition coefficient (Wildman–Crippen LogP) is 9.34. The second-order valence-corrected chi connectivity index (χ2v) is 17.8. The number of rotatable bonds is 42. The molecule has 9 unspecified atom stereocenters. The van der Waals surface area contributed by atoms with E-state index in [1.54, 1.807) is 0 Å². The number of carbonyl (C=O) groups is 1. The third-order valence-corrected chi connectivity index (χ3v) is 12.1. The van der Waals surface area contributed by atoms with Crippen LogP contribution in [0.25, 0.3) is 0 Å². The molecule has 0 aromatic carbocycles. The zero-order chi connectivity index (χ0) is 46.2. The molecule has 1 heterocycles. The van der Waals surface area contributed by atoms with Crippen LogP contribution in [0.1, 0.15) is 206 Å². The van der Waals surface area contributed by atoms with Crippen molar-refractivity contribution in [3.63, 3.8) is 0 Å². The number of hydrogen-bond donors (Lipinski definition) is 8. The third-order valence-electron chi connectivity index (χ3n) is 12.1. The van der Waals surface area contributed by atoms with E-state index in [1.807, 2.05) is 0 Å². The molecule has 0 bridgehead atoms. The summed E-state index contributed by atoms with van der Waals surface area (Å²) >= 11 is 0. The highest BCUT2D eigenvalue weighted by Crippen LogP contribution is 2.23. The number of allylic oxidation sites excluding steroid dienone is 8. The van der Waals surface area contributed by atoms with Crippen molar-refractivity contribution in [2.24, 2.45) is 0 Å². The van der Waals surface area contributed by atoms with Gasteiger partial charge in [0.05, 0.1) is 25.4 Å². The molecule has 368 valence electrons. The molecule has 1 fully saturated rings. The van der Waals surface area contributed by atoms with Gasteiger partial charge in [-0.1, -0.05) is 172 Å². The van der Waals surface area contributed by atoms with Crippen molar-refractivity contribution >= 4 is 5.91 Å². The molecule has 9 atom stereocenters. The van der Waals surface area contributed by atoms with Crippen LogP contribution in [-0.4, -0.2) is 110 Å². The average molecular weight is 894 g/mol. The topological polar surface area (TPSA) is 189 Å². The van der Waals surface area contributed by atoms with Crippen molar-refractivity contribution in [3.8, 4) is 0 Å². The molecule has 0 aromatic heterocycles. The normalized spacial score (nSPS) is 21.6. The van der Waals surface area contributed by atoms with E-state index in [0.29, 0.717) is 19.3 Å². The molecule has 0 radical (unpaired) electrons. The number of aliphatic hydroxyl groups is 7. The summed E-state index contributed by atoms with van der Waals surface area (Å²) < 4.78 is 11.1. The highest BCUT2D eigenvalue weighted by molar-refractivity contribution is 5.80. The maximum Gasteiger partial charge on any atom is 0.249 e. The van der Waals surface area contributed by atoms with E-state index in [0.717, 1.165) is 64.2 Å². The van der Waals surface area contributed by atoms with Crippen LogP contribution in [-0.2, 0) is 14.3 Å². The van der Waals surface area contributed by atoms with Gasteiger partial charge in [0, 0.05) is 0 Å². The number of amides is 1. The lowest BCUT2D eigenvalue weighted by molar-refractivity contribution is -0.303. The van der Waals surface area contributed by atoms with Crippen LogP contribution in [0.15, 0.2) is 48.6 Å². The van der Waals surface area contributed by atoms with Gasteiger partial charge < -0.3 is 50.5 Å². The molecule has 0 aliphatic carbocycles. The fraction of sp³-hybridized carbons (Fsp3) is 0.827. The Morgan fingerprint density at radius 3 is 1.49 bits per heavy atom. The first-order valence-electron chi connectivity index (χ1n) is 25.5. The summed E-state index contributed by atoms with van der Waals surface area (Å²) in [4.78, 5) is 13.1. The molecule has 0 aromatic rings. The number of carbonyl (C=O) groups excluding carboxylic acids is 1. The Hall–Kier alpha value is -1.93. The molecule has 1 aliphatic heterocycles. The van der Waals surface area contributed by atoms with E-state index in [1.165, 1.54) is 96.3 Å². The summed E-state index contributed by atoms with van der Waals surface area (Å²) in [7, 11) is 0. The van der Waals surface area contributed by atoms with Crippen molar-refractivity contribution in [2.75, 3.05) is 13.2 Å². The smallest absolute Gasteiger partial charge is 0.249 e. The van der Waals surface area contributed by atoms with Gasteiger partial charge in [0.25, 0.3) is 0 Å². The SMILES string of the molecule is CC/C=C/CC/C=C/CC/C=C/CCCC(O)C(O)C(COC1OC(CO)C(O)C(O)C1O)NC(=O)C(O)CCCCCCCCC/C=C\CCCCCCCCCCCCCC. The minimum atomic E-state index is -1.67. The summed E-state index contributed by atoms with van der Waals surface area (Å²) in [6, 6.07) is -1.20. The second kappa shape index (κ2) is 41.5. The monoisotopic (exact) mass is 894 g/mol. The quantitative estimate of drug-likeness (QED) is 0.0217. The number of nitrogens with one attached hydrogen (secondary N) is 1. The van der Waals surface area contributed by atoms with E-state index in [-0.39, 0.29) is 12.8 Å². The van der Waals surface area contributed by atoms with E-state index in [9.17, 15) is 40.5 Å². The van der Waals surface area contributed by atoms with E-state index < -0.39 is 74.2 Å². The van der Waals surface area contributed by atoms with Gasteiger partial charge in [-0.15, -0.1) is 0 Å². The maximum atomic E-state index is 13.1. The summed E-state index contributed by atoms with van der Waals surface area (Å²) in [5, 5.41) is 75.7. The highest BCUT2D eigenvalue weighted by Gasteiger charge is 2.44. The summed E-state index contributed by atoms with van der Waals surface area (Å²) in [6.07, 6.45) is 38.9. The molecule has 1 saturated heterocycles. The van der Waals surface area contributed by atoms with Crippen molar-refractivity contribution in [2.45, 2.75) is 262 Å². The molecule has 11 nitrogen and oxygen atoms in total. The van der Waals surface area contributed by atoms with Gasteiger partial charge >= 0.3 is 0 Å². The van der Waals surface area contributed by atoms with E-state index >= 15 is 0 Å². The molecular formula is C52H95NO10. The zero-order valence-corrected chi connectivity index (χ0v) is 39.8. The third kappa shape index (κ3) is 30.8. The Labute approximate surface area is 383 Å². The Morgan fingerprint density at radius 2 is 1.00 bits per heavy atom. The van der Waals surface area contributed by atoms with E-state index in [2.05, 4.69) is 67.8 Å². The fourth-order valence-corrected chi connectivity index (χ4v) is 7.89. The summed E-state index contributed by atoms with van der Waals surface area (Å²) in [6.45, 7) is 3.31. The first kappa shape index (κ1) is 59.1. The van der Waals surface area contributed by atoms with Gasteiger partial charge in [-0.05, 0) is 83.5 Å². The molecular weight excluding hydrogens is 799 g/mol. The van der Waals surface area contributed by atoms with Crippen molar-refractivity contribution in [3.05, 3.63) is 48.6 Å². The lowest BCUT2D eigenvalue weighted by atomic mass is 9.98. The van der Waals surface area contributed by atoms with Crippen molar-refractivity contribution < 1.29 is 50.0 Å². The Kier molecular flexibility index (Phi) is 38.9. The van der Waals surface area contributed by atoms with Gasteiger partial charge in [0.1, 0.15) is 36.6 Å². The minimum Gasteiger partial charge on any atom is -0.394 e. The fourth-order valence-electron chi connectivity index (χ4n) is 7.89. The first-order chi connectivity index (χ1) is 30.7. The van der Waals surface area contributed by atoms with Crippen LogP contribution in [0, 0.1) is 0 Å². The predicted molar refractivity (Wildman–Crippen MR) is 256 cm³/mol. The van der Waals surface area contributed by atoms with Crippen LogP contribution in [0.2, 0.25) is 0 Å². The second-order valence-electron chi connectivity index (χ2n) is 17.8. The molecule has 0 saturated carbocycles. The number of ether oxygens (including phenoxy) is 2. The zero-order valence-electron chi connectivity index (χ0n) is 39.8. The van der Waals surface area contributed by atoms with Crippen LogP contribution in [0.4, 0.5) is 0 Å². The Balaban J connectivity index is 2.37. The Bertz CT molecular complexity index is 1160. The molecule has 0 spiro atoms.